The lowest BCUT2D eigenvalue weighted by Crippen LogP contribution is -2.26. The fourth-order valence-electron chi connectivity index (χ4n) is 2.67. The van der Waals surface area contributed by atoms with E-state index in [0.29, 0.717) is 24.2 Å². The van der Waals surface area contributed by atoms with Gasteiger partial charge in [-0.05, 0) is 32.3 Å². The van der Waals surface area contributed by atoms with Crippen LogP contribution >= 0.6 is 0 Å². The summed E-state index contributed by atoms with van der Waals surface area (Å²) in [6.45, 7) is 4.76. The zero-order valence-electron chi connectivity index (χ0n) is 13.1. The van der Waals surface area contributed by atoms with Crippen LogP contribution < -0.4 is 10.6 Å². The lowest BCUT2D eigenvalue weighted by atomic mass is 10.2. The first-order valence-electron chi connectivity index (χ1n) is 8.09. The maximum atomic E-state index is 12.1. The first-order valence-corrected chi connectivity index (χ1v) is 8.09. The highest BCUT2D eigenvalue weighted by atomic mass is 16.1. The Labute approximate surface area is 127 Å². The van der Waals surface area contributed by atoms with Gasteiger partial charge in [0.2, 0.25) is 5.95 Å². The topological polar surface area (TPSA) is 66.9 Å². The van der Waals surface area contributed by atoms with Crippen LogP contribution in [0.5, 0.6) is 0 Å². The van der Waals surface area contributed by atoms with Crippen LogP contribution in [0.2, 0.25) is 0 Å². The van der Waals surface area contributed by atoms with E-state index >= 15 is 0 Å². The quantitative estimate of drug-likeness (QED) is 0.757. The van der Waals surface area contributed by atoms with Gasteiger partial charge in [0.1, 0.15) is 5.69 Å². The maximum Gasteiger partial charge on any atom is 0.270 e. The number of aromatic nitrogens is 2. The van der Waals surface area contributed by atoms with E-state index in [1.54, 1.807) is 6.07 Å². The molecule has 0 saturated heterocycles. The molecule has 1 aliphatic rings. The van der Waals surface area contributed by atoms with E-state index in [-0.39, 0.29) is 5.91 Å². The molecule has 1 aliphatic carbocycles. The SMILES string of the molecule is CCCCCNC(=O)c1cc(C)nc(NC2CCCC2)n1. The standard InChI is InChI=1S/C16H26N4O/c1-3-4-7-10-17-15(21)14-11-12(2)18-16(20-14)19-13-8-5-6-9-13/h11,13H,3-10H2,1-2H3,(H,17,21)(H,18,19,20). The molecule has 1 heterocycles. The number of carbonyl (C=O) groups excluding carboxylic acids is 1. The molecule has 5 nitrogen and oxygen atoms in total. The lowest BCUT2D eigenvalue weighted by Gasteiger charge is -2.13. The highest BCUT2D eigenvalue weighted by Gasteiger charge is 2.17. The van der Waals surface area contributed by atoms with Crippen LogP contribution in [-0.4, -0.2) is 28.5 Å². The summed E-state index contributed by atoms with van der Waals surface area (Å²) >= 11 is 0. The average molecular weight is 290 g/mol. The molecular formula is C16H26N4O. The van der Waals surface area contributed by atoms with Crippen LogP contribution in [0.3, 0.4) is 0 Å². The van der Waals surface area contributed by atoms with Gasteiger partial charge in [0, 0.05) is 18.3 Å². The van der Waals surface area contributed by atoms with E-state index in [9.17, 15) is 4.79 Å². The normalized spacial score (nSPS) is 15.1. The fourth-order valence-corrected chi connectivity index (χ4v) is 2.67. The molecule has 0 radical (unpaired) electrons. The molecule has 0 aromatic carbocycles. The highest BCUT2D eigenvalue weighted by Crippen LogP contribution is 2.20. The zero-order valence-corrected chi connectivity index (χ0v) is 13.1. The summed E-state index contributed by atoms with van der Waals surface area (Å²) in [6.07, 6.45) is 8.14. The Morgan fingerprint density at radius 3 is 2.76 bits per heavy atom. The Kier molecular flexibility index (Phi) is 5.96. The number of nitrogens with zero attached hydrogens (tertiary/aromatic N) is 2. The van der Waals surface area contributed by atoms with Crippen LogP contribution in [0, 0.1) is 6.92 Å². The van der Waals surface area contributed by atoms with Gasteiger partial charge in [0.05, 0.1) is 0 Å². The molecule has 1 fully saturated rings. The highest BCUT2D eigenvalue weighted by molar-refractivity contribution is 5.92. The first-order chi connectivity index (χ1) is 10.2. The predicted molar refractivity (Wildman–Crippen MR) is 84.5 cm³/mol. The number of carbonyl (C=O) groups is 1. The van der Waals surface area contributed by atoms with Gasteiger partial charge in [-0.3, -0.25) is 4.79 Å². The number of hydrogen-bond donors (Lipinski definition) is 2. The Morgan fingerprint density at radius 2 is 2.05 bits per heavy atom. The summed E-state index contributed by atoms with van der Waals surface area (Å²) < 4.78 is 0. The van der Waals surface area contributed by atoms with Gasteiger partial charge in [0.25, 0.3) is 5.91 Å². The van der Waals surface area contributed by atoms with Gasteiger partial charge >= 0.3 is 0 Å². The molecule has 0 spiro atoms. The van der Waals surface area contributed by atoms with Crippen molar-refractivity contribution in [2.45, 2.75) is 64.8 Å². The van der Waals surface area contributed by atoms with Crippen LogP contribution in [0.15, 0.2) is 6.07 Å². The smallest absolute Gasteiger partial charge is 0.270 e. The molecule has 2 N–H and O–H groups in total. The molecule has 0 bridgehead atoms. The largest absolute Gasteiger partial charge is 0.351 e. The first kappa shape index (κ1) is 15.7. The van der Waals surface area contributed by atoms with E-state index in [2.05, 4.69) is 27.5 Å². The molecule has 1 saturated carbocycles. The van der Waals surface area contributed by atoms with Crippen molar-refractivity contribution in [1.82, 2.24) is 15.3 Å². The monoisotopic (exact) mass is 290 g/mol. The Balaban J connectivity index is 1.95. The summed E-state index contributed by atoms with van der Waals surface area (Å²) in [4.78, 5) is 20.9. The molecular weight excluding hydrogens is 264 g/mol. The molecule has 21 heavy (non-hydrogen) atoms. The lowest BCUT2D eigenvalue weighted by molar-refractivity contribution is 0.0948. The number of unbranched alkanes of at least 4 members (excludes halogenated alkanes) is 2. The molecule has 1 aromatic rings. The van der Waals surface area contributed by atoms with Crippen molar-refractivity contribution in [1.29, 1.82) is 0 Å². The summed E-state index contributed by atoms with van der Waals surface area (Å²) in [7, 11) is 0. The number of nitrogens with one attached hydrogen (secondary N) is 2. The van der Waals surface area contributed by atoms with Crippen molar-refractivity contribution in [3.8, 4) is 0 Å². The molecule has 0 aliphatic heterocycles. The Bertz CT molecular complexity index is 469. The maximum absolute atomic E-state index is 12.1. The van der Waals surface area contributed by atoms with Crippen molar-refractivity contribution in [3.05, 3.63) is 17.5 Å². The van der Waals surface area contributed by atoms with Crippen LogP contribution in [0.4, 0.5) is 5.95 Å². The zero-order chi connectivity index (χ0) is 15.1. The van der Waals surface area contributed by atoms with E-state index in [0.717, 1.165) is 37.8 Å². The number of amides is 1. The number of aryl methyl sites for hydroxylation is 1. The molecule has 2 rings (SSSR count). The van der Waals surface area contributed by atoms with Gasteiger partial charge in [-0.1, -0.05) is 32.6 Å². The van der Waals surface area contributed by atoms with Crippen LogP contribution in [0.25, 0.3) is 0 Å². The summed E-state index contributed by atoms with van der Waals surface area (Å²) in [6, 6.07) is 2.20. The minimum atomic E-state index is -0.105. The second kappa shape index (κ2) is 7.96. The second-order valence-corrected chi connectivity index (χ2v) is 5.81. The number of hydrogen-bond acceptors (Lipinski definition) is 4. The predicted octanol–water partition coefficient (Wildman–Crippen LogP) is 3.06. The average Bonchev–Trinajstić information content (AvgIpc) is 2.95. The molecule has 1 aromatic heterocycles. The summed E-state index contributed by atoms with van der Waals surface area (Å²) in [5, 5.41) is 6.28. The van der Waals surface area contributed by atoms with E-state index < -0.39 is 0 Å². The third-order valence-corrected chi connectivity index (χ3v) is 3.84. The van der Waals surface area contributed by atoms with Gasteiger partial charge < -0.3 is 10.6 Å². The van der Waals surface area contributed by atoms with Crippen molar-refractivity contribution >= 4 is 11.9 Å². The van der Waals surface area contributed by atoms with E-state index in [1.807, 2.05) is 6.92 Å². The number of anilines is 1. The molecule has 1 amide bonds. The molecule has 116 valence electrons. The van der Waals surface area contributed by atoms with Crippen LogP contribution in [-0.2, 0) is 0 Å². The summed E-state index contributed by atoms with van der Waals surface area (Å²) in [5.41, 5.74) is 1.28. The van der Waals surface area contributed by atoms with Gasteiger partial charge in [-0.15, -0.1) is 0 Å². The molecule has 5 heteroatoms. The van der Waals surface area contributed by atoms with E-state index in [1.165, 1.54) is 12.8 Å². The van der Waals surface area contributed by atoms with Crippen molar-refractivity contribution in [2.24, 2.45) is 0 Å². The van der Waals surface area contributed by atoms with Gasteiger partial charge in [0.15, 0.2) is 0 Å². The third-order valence-electron chi connectivity index (χ3n) is 3.84. The van der Waals surface area contributed by atoms with E-state index in [4.69, 9.17) is 0 Å². The molecule has 0 atom stereocenters. The van der Waals surface area contributed by atoms with Gasteiger partial charge in [-0.2, -0.15) is 0 Å². The fraction of sp³-hybridized carbons (Fsp3) is 0.688. The van der Waals surface area contributed by atoms with Gasteiger partial charge in [-0.25, -0.2) is 9.97 Å². The third kappa shape index (κ3) is 4.99. The van der Waals surface area contributed by atoms with Crippen molar-refractivity contribution in [3.63, 3.8) is 0 Å². The minimum absolute atomic E-state index is 0.105. The Hall–Kier alpha value is -1.65. The van der Waals surface area contributed by atoms with Crippen LogP contribution in [0.1, 0.15) is 68.1 Å². The second-order valence-electron chi connectivity index (χ2n) is 5.81. The minimum Gasteiger partial charge on any atom is -0.351 e. The Morgan fingerprint density at radius 1 is 1.29 bits per heavy atom. The number of rotatable bonds is 7. The molecule has 0 unspecified atom stereocenters. The summed E-state index contributed by atoms with van der Waals surface area (Å²) in [5.74, 6) is 0.478. The van der Waals surface area contributed by atoms with Crippen molar-refractivity contribution in [2.75, 3.05) is 11.9 Å². The van der Waals surface area contributed by atoms with Crippen molar-refractivity contribution < 1.29 is 4.79 Å².